The summed E-state index contributed by atoms with van der Waals surface area (Å²) in [6.45, 7) is 5.10. The molecule has 6 rings (SSSR count). The molecule has 45 heavy (non-hydrogen) atoms. The Kier molecular flexibility index (Phi) is 12.2. The highest BCUT2D eigenvalue weighted by Crippen LogP contribution is 2.26. The standard InChI is InChI=1S/C12H10F2N2.C12H11FN2.C11H11N3/c13-11-9(7-15)1-2-10(12(11)14)8-3-5-16-6-4-8;13-12-7-10(1-2-11(12)8-14)9-3-5-15-6-4-9;12-7-9-1-2-11(14-8-9)10-3-5-13-6-4-10/h1-3,16H,4-6H2;1-3,7,15H,4-6H2;1-3,8,13H,4-6H2. The lowest BCUT2D eigenvalue weighted by Crippen LogP contribution is -2.20. The van der Waals surface area contributed by atoms with Gasteiger partial charge in [-0.1, -0.05) is 30.4 Å². The highest BCUT2D eigenvalue weighted by atomic mass is 19.2. The zero-order valence-electron chi connectivity index (χ0n) is 24.6. The molecular formula is C35H32F3N7. The number of benzene rings is 2. The van der Waals surface area contributed by atoms with Crippen molar-refractivity contribution in [1.82, 2.24) is 20.9 Å². The molecule has 3 aliphatic rings. The van der Waals surface area contributed by atoms with E-state index in [2.05, 4.69) is 39.2 Å². The Labute approximate surface area is 261 Å². The van der Waals surface area contributed by atoms with Crippen molar-refractivity contribution in [3.8, 4) is 18.2 Å². The second-order valence-electron chi connectivity index (χ2n) is 10.3. The van der Waals surface area contributed by atoms with Crippen LogP contribution in [0, 0.1) is 51.4 Å². The Morgan fingerprint density at radius 1 is 0.622 bits per heavy atom. The van der Waals surface area contributed by atoms with Crippen molar-refractivity contribution in [2.24, 2.45) is 0 Å². The Morgan fingerprint density at radius 3 is 1.73 bits per heavy atom. The number of rotatable bonds is 3. The van der Waals surface area contributed by atoms with E-state index >= 15 is 0 Å². The summed E-state index contributed by atoms with van der Waals surface area (Å²) in [4.78, 5) is 4.25. The second kappa shape index (κ2) is 16.7. The van der Waals surface area contributed by atoms with Gasteiger partial charge in [-0.3, -0.25) is 4.98 Å². The molecule has 0 fully saturated rings. The fourth-order valence-corrected chi connectivity index (χ4v) is 4.95. The lowest BCUT2D eigenvalue weighted by Gasteiger charge is -2.15. The van der Waals surface area contributed by atoms with Crippen LogP contribution in [0.1, 0.15) is 52.8 Å². The topological polar surface area (TPSA) is 120 Å². The summed E-state index contributed by atoms with van der Waals surface area (Å²) >= 11 is 0. The van der Waals surface area contributed by atoms with E-state index in [9.17, 15) is 13.2 Å². The Hall–Kier alpha value is -5.05. The van der Waals surface area contributed by atoms with Crippen LogP contribution < -0.4 is 16.0 Å². The summed E-state index contributed by atoms with van der Waals surface area (Å²) in [6.07, 6.45) is 10.3. The van der Waals surface area contributed by atoms with Gasteiger partial charge in [0.15, 0.2) is 11.6 Å². The third-order valence-corrected chi connectivity index (χ3v) is 7.42. The summed E-state index contributed by atoms with van der Waals surface area (Å²) in [7, 11) is 0. The van der Waals surface area contributed by atoms with Gasteiger partial charge in [0.25, 0.3) is 0 Å². The molecule has 3 N–H and O–H groups in total. The summed E-state index contributed by atoms with van der Waals surface area (Å²) in [5.41, 5.74) is 5.81. The number of nitrogens with zero attached hydrogens (tertiary/aromatic N) is 4. The summed E-state index contributed by atoms with van der Waals surface area (Å²) in [5.74, 6) is -2.42. The van der Waals surface area contributed by atoms with Gasteiger partial charge in [-0.05, 0) is 91.5 Å². The van der Waals surface area contributed by atoms with Gasteiger partial charge >= 0.3 is 0 Å². The minimum Gasteiger partial charge on any atom is -0.313 e. The van der Waals surface area contributed by atoms with Crippen molar-refractivity contribution >= 4 is 16.7 Å². The monoisotopic (exact) mass is 607 g/mol. The highest BCUT2D eigenvalue weighted by molar-refractivity contribution is 5.68. The number of halogens is 3. The van der Waals surface area contributed by atoms with Gasteiger partial charge in [0.2, 0.25) is 0 Å². The molecule has 4 heterocycles. The molecule has 0 bridgehead atoms. The lowest BCUT2D eigenvalue weighted by atomic mass is 9.98. The van der Waals surface area contributed by atoms with Crippen molar-refractivity contribution in [1.29, 1.82) is 15.8 Å². The van der Waals surface area contributed by atoms with Crippen LogP contribution in [0.3, 0.4) is 0 Å². The van der Waals surface area contributed by atoms with Crippen LogP contribution in [0.5, 0.6) is 0 Å². The molecule has 0 radical (unpaired) electrons. The fourth-order valence-electron chi connectivity index (χ4n) is 4.95. The molecule has 0 atom stereocenters. The first-order valence-corrected chi connectivity index (χ1v) is 14.6. The van der Waals surface area contributed by atoms with Crippen LogP contribution in [-0.2, 0) is 0 Å². The largest absolute Gasteiger partial charge is 0.313 e. The quantitative estimate of drug-likeness (QED) is 0.354. The SMILES string of the molecule is N#Cc1ccc(C2=CCNCC2)c(F)c1F.N#Cc1ccc(C2=CCNCC2)cc1F.N#Cc1ccc(C2=CCNCC2)nc1. The fraction of sp³-hybridized carbons (Fsp3) is 0.257. The Bertz CT molecular complexity index is 1720. The van der Waals surface area contributed by atoms with Crippen molar-refractivity contribution in [2.75, 3.05) is 39.3 Å². The van der Waals surface area contributed by atoms with Crippen LogP contribution in [0.25, 0.3) is 16.7 Å². The predicted molar refractivity (Wildman–Crippen MR) is 168 cm³/mol. The maximum atomic E-state index is 13.6. The molecule has 228 valence electrons. The van der Waals surface area contributed by atoms with Gasteiger partial charge in [0.1, 0.15) is 24.0 Å². The minimum atomic E-state index is -1.06. The smallest absolute Gasteiger partial charge is 0.177 e. The van der Waals surface area contributed by atoms with E-state index in [1.54, 1.807) is 18.3 Å². The summed E-state index contributed by atoms with van der Waals surface area (Å²) in [5, 5.41) is 35.3. The number of pyridine rings is 1. The van der Waals surface area contributed by atoms with E-state index in [1.165, 1.54) is 29.8 Å². The molecule has 2 aromatic carbocycles. The Balaban J connectivity index is 0.000000154. The van der Waals surface area contributed by atoms with E-state index in [1.807, 2.05) is 24.3 Å². The molecule has 3 aromatic rings. The van der Waals surface area contributed by atoms with Crippen LogP contribution >= 0.6 is 0 Å². The number of hydrogen-bond acceptors (Lipinski definition) is 7. The average molecular weight is 608 g/mol. The third kappa shape index (κ3) is 8.98. The zero-order chi connectivity index (χ0) is 32.0. The van der Waals surface area contributed by atoms with Crippen LogP contribution in [0.15, 0.2) is 66.9 Å². The van der Waals surface area contributed by atoms with Crippen molar-refractivity contribution in [2.45, 2.75) is 19.3 Å². The molecule has 0 amide bonds. The van der Waals surface area contributed by atoms with E-state index in [-0.39, 0.29) is 16.7 Å². The lowest BCUT2D eigenvalue weighted by molar-refractivity contribution is 0.503. The molecule has 0 spiro atoms. The maximum absolute atomic E-state index is 13.6. The van der Waals surface area contributed by atoms with E-state index in [4.69, 9.17) is 15.8 Å². The van der Waals surface area contributed by atoms with Gasteiger partial charge in [0, 0.05) is 31.4 Å². The van der Waals surface area contributed by atoms with Crippen molar-refractivity contribution in [3.05, 3.63) is 118 Å². The molecule has 10 heteroatoms. The molecule has 0 saturated carbocycles. The average Bonchev–Trinajstić information content (AvgIpc) is 3.11. The van der Waals surface area contributed by atoms with Crippen molar-refractivity contribution in [3.63, 3.8) is 0 Å². The first-order chi connectivity index (χ1) is 21.9. The number of nitriles is 3. The van der Waals surface area contributed by atoms with Crippen molar-refractivity contribution < 1.29 is 13.2 Å². The Morgan fingerprint density at radius 2 is 1.22 bits per heavy atom. The third-order valence-electron chi connectivity index (χ3n) is 7.42. The first-order valence-electron chi connectivity index (χ1n) is 14.6. The summed E-state index contributed by atoms with van der Waals surface area (Å²) in [6, 6.07) is 16.8. The van der Waals surface area contributed by atoms with Crippen LogP contribution in [-0.4, -0.2) is 44.3 Å². The maximum Gasteiger partial charge on any atom is 0.177 e. The minimum absolute atomic E-state index is 0.105. The van der Waals surface area contributed by atoms with Gasteiger partial charge in [-0.25, -0.2) is 13.2 Å². The van der Waals surface area contributed by atoms with Gasteiger partial charge < -0.3 is 16.0 Å². The molecule has 3 aliphatic heterocycles. The molecule has 0 saturated heterocycles. The van der Waals surface area contributed by atoms with Gasteiger partial charge in [0.05, 0.1) is 22.4 Å². The van der Waals surface area contributed by atoms with Crippen LogP contribution in [0.4, 0.5) is 13.2 Å². The molecule has 1 aromatic heterocycles. The van der Waals surface area contributed by atoms with Gasteiger partial charge in [-0.2, -0.15) is 15.8 Å². The van der Waals surface area contributed by atoms with E-state index in [0.29, 0.717) is 18.5 Å². The second-order valence-corrected chi connectivity index (χ2v) is 10.3. The summed E-state index contributed by atoms with van der Waals surface area (Å²) < 4.78 is 40.4. The zero-order valence-corrected chi connectivity index (χ0v) is 24.6. The molecule has 0 aliphatic carbocycles. The molecule has 0 unspecified atom stereocenters. The van der Waals surface area contributed by atoms with Gasteiger partial charge in [-0.15, -0.1) is 0 Å². The molecular weight excluding hydrogens is 575 g/mol. The first kappa shape index (κ1) is 32.9. The highest BCUT2D eigenvalue weighted by Gasteiger charge is 2.17. The normalized spacial score (nSPS) is 15.6. The van der Waals surface area contributed by atoms with Crippen LogP contribution in [0.2, 0.25) is 0 Å². The molecule has 7 nitrogen and oxygen atoms in total. The van der Waals surface area contributed by atoms with E-state index in [0.717, 1.165) is 68.0 Å². The van der Waals surface area contributed by atoms with E-state index < -0.39 is 17.5 Å². The number of nitrogens with one attached hydrogen (secondary N) is 3. The predicted octanol–water partition coefficient (Wildman–Crippen LogP) is 5.62. The number of aromatic nitrogens is 1. The number of hydrogen-bond donors (Lipinski definition) is 3.